The summed E-state index contributed by atoms with van der Waals surface area (Å²) in [6.45, 7) is 1.12. The van der Waals surface area contributed by atoms with Gasteiger partial charge >= 0.3 is 6.55 Å². The van der Waals surface area contributed by atoms with E-state index in [0.717, 1.165) is 28.5 Å². The van der Waals surface area contributed by atoms with Crippen LogP contribution in [0.2, 0.25) is 0 Å². The van der Waals surface area contributed by atoms with Crippen LogP contribution in [-0.4, -0.2) is 11.1 Å². The first-order chi connectivity index (χ1) is 8.24. The molecule has 0 amide bonds. The molecule has 0 radical (unpaired) electrons. The van der Waals surface area contributed by atoms with Gasteiger partial charge in [0.25, 0.3) is 0 Å². The second kappa shape index (κ2) is 5.27. The molecule has 0 aliphatic heterocycles. The van der Waals surface area contributed by atoms with Gasteiger partial charge in [0.05, 0.1) is 5.52 Å². The zero-order chi connectivity index (χ0) is 12.3. The van der Waals surface area contributed by atoms with Gasteiger partial charge < -0.3 is 5.32 Å². The lowest BCUT2D eigenvalue weighted by atomic mass is 10.2. The number of nitrogens with zero attached hydrogens (tertiary/aromatic N) is 1. The molecule has 17 heavy (non-hydrogen) atoms. The van der Waals surface area contributed by atoms with E-state index in [1.165, 1.54) is 6.20 Å². The van der Waals surface area contributed by atoms with Gasteiger partial charge in [0.15, 0.2) is 0 Å². The number of aromatic nitrogens is 1. The standard InChI is InChI=1S/C13H16F2N2/c1-2-7-16-8-10-9-17(13(14)15)12-6-4-3-5-11(10)12/h3-6,9,13,16H,2,7-8H2,1H3. The number of hydrogen-bond donors (Lipinski definition) is 1. The van der Waals surface area contributed by atoms with Crippen molar-refractivity contribution in [1.82, 2.24) is 9.88 Å². The Morgan fingerprint density at radius 3 is 2.76 bits per heavy atom. The molecule has 0 atom stereocenters. The zero-order valence-electron chi connectivity index (χ0n) is 9.79. The van der Waals surface area contributed by atoms with Crippen molar-refractivity contribution in [2.24, 2.45) is 0 Å². The molecule has 0 fully saturated rings. The number of para-hydroxylation sites is 1. The first kappa shape index (κ1) is 12.0. The summed E-state index contributed by atoms with van der Waals surface area (Å²) in [4.78, 5) is 0. The van der Waals surface area contributed by atoms with E-state index in [-0.39, 0.29) is 0 Å². The van der Waals surface area contributed by atoms with Gasteiger partial charge in [-0.2, -0.15) is 8.78 Å². The fourth-order valence-electron chi connectivity index (χ4n) is 1.98. The number of nitrogens with one attached hydrogen (secondary N) is 1. The SMILES string of the molecule is CCCNCc1cn(C(F)F)c2ccccc12. The van der Waals surface area contributed by atoms with Crippen LogP contribution in [0.5, 0.6) is 0 Å². The highest BCUT2D eigenvalue weighted by Crippen LogP contribution is 2.25. The molecular weight excluding hydrogens is 222 g/mol. The summed E-state index contributed by atoms with van der Waals surface area (Å²) in [6.07, 6.45) is 2.57. The van der Waals surface area contributed by atoms with E-state index in [1.807, 2.05) is 12.1 Å². The summed E-state index contributed by atoms with van der Waals surface area (Å²) in [5.41, 5.74) is 1.52. The minimum Gasteiger partial charge on any atom is -0.313 e. The Kier molecular flexibility index (Phi) is 3.74. The van der Waals surface area contributed by atoms with Crippen molar-refractivity contribution in [1.29, 1.82) is 0 Å². The van der Waals surface area contributed by atoms with Crippen LogP contribution in [0.1, 0.15) is 25.5 Å². The Bertz CT molecular complexity index is 491. The number of rotatable bonds is 5. The molecule has 1 aromatic carbocycles. The Balaban J connectivity index is 2.35. The van der Waals surface area contributed by atoms with E-state index in [1.54, 1.807) is 12.1 Å². The van der Waals surface area contributed by atoms with Crippen LogP contribution in [0, 0.1) is 0 Å². The molecule has 0 unspecified atom stereocenters. The molecule has 1 aromatic heterocycles. The van der Waals surface area contributed by atoms with Crippen LogP contribution >= 0.6 is 0 Å². The number of alkyl halides is 2. The second-order valence-electron chi connectivity index (χ2n) is 4.03. The highest BCUT2D eigenvalue weighted by atomic mass is 19.3. The topological polar surface area (TPSA) is 17.0 Å². The molecule has 92 valence electrons. The summed E-state index contributed by atoms with van der Waals surface area (Å²) in [5, 5.41) is 4.14. The van der Waals surface area contributed by atoms with Crippen molar-refractivity contribution < 1.29 is 8.78 Å². The first-order valence-electron chi connectivity index (χ1n) is 5.81. The molecule has 1 N–H and O–H groups in total. The van der Waals surface area contributed by atoms with Crippen molar-refractivity contribution in [3.63, 3.8) is 0 Å². The molecule has 2 nitrogen and oxygen atoms in total. The van der Waals surface area contributed by atoms with E-state index >= 15 is 0 Å². The average molecular weight is 238 g/mol. The number of benzene rings is 1. The normalized spacial score (nSPS) is 11.5. The van der Waals surface area contributed by atoms with Crippen molar-refractivity contribution >= 4 is 10.9 Å². The highest BCUT2D eigenvalue weighted by molar-refractivity contribution is 5.84. The van der Waals surface area contributed by atoms with Gasteiger partial charge in [-0.1, -0.05) is 25.1 Å². The predicted molar refractivity (Wildman–Crippen MR) is 65.2 cm³/mol. The van der Waals surface area contributed by atoms with Crippen LogP contribution in [0.25, 0.3) is 10.9 Å². The number of fused-ring (bicyclic) bond motifs is 1. The van der Waals surface area contributed by atoms with Crippen LogP contribution in [-0.2, 0) is 6.54 Å². The average Bonchev–Trinajstić information content (AvgIpc) is 2.69. The van der Waals surface area contributed by atoms with E-state index in [9.17, 15) is 8.78 Å². The third kappa shape index (κ3) is 2.47. The monoisotopic (exact) mass is 238 g/mol. The van der Waals surface area contributed by atoms with Gasteiger partial charge in [0.1, 0.15) is 0 Å². The van der Waals surface area contributed by atoms with E-state index < -0.39 is 6.55 Å². The Morgan fingerprint density at radius 2 is 2.06 bits per heavy atom. The Hall–Kier alpha value is -1.42. The van der Waals surface area contributed by atoms with Gasteiger partial charge in [-0.25, -0.2) is 0 Å². The molecule has 4 heteroatoms. The van der Waals surface area contributed by atoms with Crippen molar-refractivity contribution in [2.75, 3.05) is 6.54 Å². The van der Waals surface area contributed by atoms with Gasteiger partial charge in [-0.15, -0.1) is 0 Å². The Labute approximate surface area is 99.2 Å². The third-order valence-corrected chi connectivity index (χ3v) is 2.78. The predicted octanol–water partition coefficient (Wildman–Crippen LogP) is 3.54. The van der Waals surface area contributed by atoms with Crippen LogP contribution in [0.4, 0.5) is 8.78 Å². The molecule has 0 saturated heterocycles. The minimum absolute atomic E-state index is 0.593. The molecule has 0 spiro atoms. The van der Waals surface area contributed by atoms with Gasteiger partial charge in [-0.05, 0) is 24.6 Å². The zero-order valence-corrected chi connectivity index (χ0v) is 9.79. The van der Waals surface area contributed by atoms with E-state index in [4.69, 9.17) is 0 Å². The second-order valence-corrected chi connectivity index (χ2v) is 4.03. The Morgan fingerprint density at radius 1 is 1.29 bits per heavy atom. The number of halogens is 2. The quantitative estimate of drug-likeness (QED) is 0.788. The van der Waals surface area contributed by atoms with Gasteiger partial charge in [0, 0.05) is 18.1 Å². The molecule has 0 aliphatic rings. The van der Waals surface area contributed by atoms with Crippen LogP contribution in [0.3, 0.4) is 0 Å². The summed E-state index contributed by atoms with van der Waals surface area (Å²) in [5.74, 6) is 0. The molecular formula is C13H16F2N2. The first-order valence-corrected chi connectivity index (χ1v) is 5.81. The summed E-state index contributed by atoms with van der Waals surface area (Å²) in [6, 6.07) is 7.27. The fraction of sp³-hybridized carbons (Fsp3) is 0.385. The van der Waals surface area contributed by atoms with Crippen LogP contribution in [0.15, 0.2) is 30.5 Å². The lowest BCUT2D eigenvalue weighted by Gasteiger charge is -2.01. The molecule has 0 bridgehead atoms. The van der Waals surface area contributed by atoms with Crippen LogP contribution < -0.4 is 5.32 Å². The largest absolute Gasteiger partial charge is 0.319 e. The summed E-state index contributed by atoms with van der Waals surface area (Å²) >= 11 is 0. The van der Waals surface area contributed by atoms with E-state index in [0.29, 0.717) is 12.1 Å². The molecule has 0 aliphatic carbocycles. The van der Waals surface area contributed by atoms with E-state index in [2.05, 4.69) is 12.2 Å². The molecule has 2 rings (SSSR count). The summed E-state index contributed by atoms with van der Waals surface area (Å²) < 4.78 is 26.7. The number of hydrogen-bond acceptors (Lipinski definition) is 1. The maximum Gasteiger partial charge on any atom is 0.319 e. The molecule has 0 saturated carbocycles. The van der Waals surface area contributed by atoms with Crippen molar-refractivity contribution in [3.8, 4) is 0 Å². The lowest BCUT2D eigenvalue weighted by molar-refractivity contribution is 0.0750. The smallest absolute Gasteiger partial charge is 0.313 e. The lowest BCUT2D eigenvalue weighted by Crippen LogP contribution is -2.13. The fourth-order valence-corrected chi connectivity index (χ4v) is 1.98. The summed E-state index contributed by atoms with van der Waals surface area (Å²) in [7, 11) is 0. The van der Waals surface area contributed by atoms with Gasteiger partial charge in [0.2, 0.25) is 0 Å². The van der Waals surface area contributed by atoms with Crippen molar-refractivity contribution in [3.05, 3.63) is 36.0 Å². The maximum atomic E-state index is 12.8. The van der Waals surface area contributed by atoms with Crippen molar-refractivity contribution in [2.45, 2.75) is 26.4 Å². The molecule has 2 aromatic rings. The molecule has 1 heterocycles. The minimum atomic E-state index is -2.49. The van der Waals surface area contributed by atoms with Gasteiger partial charge in [-0.3, -0.25) is 4.57 Å². The third-order valence-electron chi connectivity index (χ3n) is 2.78. The maximum absolute atomic E-state index is 12.8. The highest BCUT2D eigenvalue weighted by Gasteiger charge is 2.13.